The zero-order valence-electron chi connectivity index (χ0n) is 19.2. The highest BCUT2D eigenvalue weighted by Gasteiger charge is 2.32. The number of benzene rings is 2. The second kappa shape index (κ2) is 8.79. The molecule has 0 atom stereocenters. The SMILES string of the molecule is CCOC(=O)c1c(C(C)(C)O)nc(CC)n1Cc1ccc2c(c1)CCc1ccccc1N2. The summed E-state index contributed by atoms with van der Waals surface area (Å²) >= 11 is 0. The van der Waals surface area contributed by atoms with Gasteiger partial charge in [0.2, 0.25) is 0 Å². The van der Waals surface area contributed by atoms with E-state index in [1.54, 1.807) is 20.8 Å². The lowest BCUT2D eigenvalue weighted by Gasteiger charge is -2.18. The predicted molar refractivity (Wildman–Crippen MR) is 125 cm³/mol. The highest BCUT2D eigenvalue weighted by atomic mass is 16.5. The van der Waals surface area contributed by atoms with E-state index in [0.29, 0.717) is 24.4 Å². The van der Waals surface area contributed by atoms with E-state index in [1.807, 2.05) is 17.6 Å². The zero-order valence-corrected chi connectivity index (χ0v) is 19.2. The van der Waals surface area contributed by atoms with Crippen LogP contribution in [0.3, 0.4) is 0 Å². The molecule has 0 saturated heterocycles. The molecule has 6 heteroatoms. The van der Waals surface area contributed by atoms with Crippen molar-refractivity contribution in [1.82, 2.24) is 9.55 Å². The third-order valence-electron chi connectivity index (χ3n) is 5.87. The number of aromatic nitrogens is 2. The normalized spacial score (nSPS) is 13.0. The van der Waals surface area contributed by atoms with Gasteiger partial charge in [0.05, 0.1) is 6.61 Å². The summed E-state index contributed by atoms with van der Waals surface area (Å²) in [6.07, 6.45) is 2.56. The van der Waals surface area contributed by atoms with Gasteiger partial charge in [-0.1, -0.05) is 37.3 Å². The van der Waals surface area contributed by atoms with E-state index in [1.165, 1.54) is 11.1 Å². The standard InChI is InChI=1S/C26H31N3O3/c1-5-22-28-24(26(3,4)31)23(25(30)32-6-2)29(22)16-17-11-14-21-19(15-17)13-12-18-9-7-8-10-20(18)27-21/h7-11,14-15,27,31H,5-6,12-13,16H2,1-4H3. The Balaban J connectivity index is 1.72. The van der Waals surface area contributed by atoms with Gasteiger partial charge >= 0.3 is 5.97 Å². The van der Waals surface area contributed by atoms with Gasteiger partial charge in [0, 0.05) is 24.3 Å². The predicted octanol–water partition coefficient (Wildman–Crippen LogP) is 4.74. The lowest BCUT2D eigenvalue weighted by Crippen LogP contribution is -2.23. The van der Waals surface area contributed by atoms with Gasteiger partial charge in [0.1, 0.15) is 17.1 Å². The minimum Gasteiger partial charge on any atom is -0.461 e. The molecule has 1 aromatic heterocycles. The number of imidazole rings is 1. The van der Waals surface area contributed by atoms with Crippen LogP contribution in [0.1, 0.15) is 66.4 Å². The van der Waals surface area contributed by atoms with Crippen molar-refractivity contribution in [2.45, 2.75) is 59.1 Å². The first-order valence-electron chi connectivity index (χ1n) is 11.3. The van der Waals surface area contributed by atoms with E-state index in [0.717, 1.165) is 35.6 Å². The quantitative estimate of drug-likeness (QED) is 0.549. The van der Waals surface area contributed by atoms with E-state index in [9.17, 15) is 9.90 Å². The summed E-state index contributed by atoms with van der Waals surface area (Å²) in [7, 11) is 0. The Hall–Kier alpha value is -3.12. The van der Waals surface area contributed by atoms with E-state index < -0.39 is 11.6 Å². The molecule has 0 amide bonds. The molecule has 2 N–H and O–H groups in total. The van der Waals surface area contributed by atoms with Crippen molar-refractivity contribution in [3.63, 3.8) is 0 Å². The summed E-state index contributed by atoms with van der Waals surface area (Å²) in [6, 6.07) is 14.8. The number of carbonyl (C=O) groups excluding carboxylic acids is 1. The van der Waals surface area contributed by atoms with Crippen LogP contribution in [0.15, 0.2) is 42.5 Å². The van der Waals surface area contributed by atoms with E-state index in [4.69, 9.17) is 4.74 Å². The van der Waals surface area contributed by atoms with Crippen molar-refractivity contribution in [3.8, 4) is 0 Å². The third-order valence-corrected chi connectivity index (χ3v) is 5.87. The number of para-hydroxylation sites is 1. The van der Waals surface area contributed by atoms with Crippen molar-refractivity contribution >= 4 is 17.3 Å². The Kier molecular flexibility index (Phi) is 6.07. The number of esters is 1. The van der Waals surface area contributed by atoms with Gasteiger partial charge in [0.25, 0.3) is 0 Å². The molecule has 0 spiro atoms. The number of aliphatic hydroxyl groups is 1. The summed E-state index contributed by atoms with van der Waals surface area (Å²) in [5.74, 6) is 0.300. The third kappa shape index (κ3) is 4.28. The molecule has 168 valence electrons. The van der Waals surface area contributed by atoms with Gasteiger partial charge < -0.3 is 19.7 Å². The lowest BCUT2D eigenvalue weighted by molar-refractivity contribution is 0.0469. The van der Waals surface area contributed by atoms with E-state index in [-0.39, 0.29) is 6.61 Å². The summed E-state index contributed by atoms with van der Waals surface area (Å²) in [4.78, 5) is 17.5. The fraction of sp³-hybridized carbons (Fsp3) is 0.385. The van der Waals surface area contributed by atoms with Crippen molar-refractivity contribution < 1.29 is 14.6 Å². The van der Waals surface area contributed by atoms with E-state index in [2.05, 4.69) is 46.7 Å². The molecular formula is C26H31N3O3. The second-order valence-corrected chi connectivity index (χ2v) is 8.72. The number of rotatable bonds is 6. The molecule has 0 saturated carbocycles. The van der Waals surface area contributed by atoms with Crippen molar-refractivity contribution in [2.75, 3.05) is 11.9 Å². The number of aryl methyl sites for hydroxylation is 3. The van der Waals surface area contributed by atoms with E-state index >= 15 is 0 Å². The van der Waals surface area contributed by atoms with Crippen LogP contribution in [-0.2, 0) is 36.1 Å². The van der Waals surface area contributed by atoms with Gasteiger partial charge in [-0.15, -0.1) is 0 Å². The highest BCUT2D eigenvalue weighted by molar-refractivity contribution is 5.89. The number of anilines is 2. The molecule has 2 heterocycles. The monoisotopic (exact) mass is 433 g/mol. The number of hydrogen-bond acceptors (Lipinski definition) is 5. The second-order valence-electron chi connectivity index (χ2n) is 8.72. The zero-order chi connectivity index (χ0) is 22.9. The van der Waals surface area contributed by atoms with Crippen molar-refractivity contribution in [3.05, 3.63) is 76.4 Å². The molecule has 32 heavy (non-hydrogen) atoms. The van der Waals surface area contributed by atoms with Crippen LogP contribution < -0.4 is 5.32 Å². The average molecular weight is 434 g/mol. The number of nitrogens with zero attached hydrogens (tertiary/aromatic N) is 2. The smallest absolute Gasteiger partial charge is 0.357 e. The first-order valence-corrected chi connectivity index (χ1v) is 11.3. The van der Waals surface area contributed by atoms with Crippen LogP contribution in [0.5, 0.6) is 0 Å². The molecule has 6 nitrogen and oxygen atoms in total. The van der Waals surface area contributed by atoms with Crippen LogP contribution in [0.2, 0.25) is 0 Å². The van der Waals surface area contributed by atoms with Crippen LogP contribution in [0.4, 0.5) is 11.4 Å². The van der Waals surface area contributed by atoms with Gasteiger partial charge in [-0.25, -0.2) is 9.78 Å². The molecule has 1 aliphatic heterocycles. The fourth-order valence-corrected chi connectivity index (χ4v) is 4.30. The number of ether oxygens (including phenoxy) is 1. The molecule has 1 aliphatic rings. The Labute approximate surface area is 189 Å². The molecule has 4 rings (SSSR count). The highest BCUT2D eigenvalue weighted by Crippen LogP contribution is 2.31. The topological polar surface area (TPSA) is 76.4 Å². The summed E-state index contributed by atoms with van der Waals surface area (Å²) < 4.78 is 7.22. The Bertz CT molecular complexity index is 1140. The van der Waals surface area contributed by atoms with Crippen molar-refractivity contribution in [2.24, 2.45) is 0 Å². The van der Waals surface area contributed by atoms with Crippen LogP contribution in [0.25, 0.3) is 0 Å². The first kappa shape index (κ1) is 22.1. The maximum absolute atomic E-state index is 12.9. The Morgan fingerprint density at radius 2 is 1.84 bits per heavy atom. The summed E-state index contributed by atoms with van der Waals surface area (Å²) in [5, 5.41) is 14.2. The number of fused-ring (bicyclic) bond motifs is 2. The van der Waals surface area contributed by atoms with Crippen LogP contribution in [-0.4, -0.2) is 27.2 Å². The minimum absolute atomic E-state index is 0.266. The largest absolute Gasteiger partial charge is 0.461 e. The molecular weight excluding hydrogens is 402 g/mol. The van der Waals surface area contributed by atoms with Crippen LogP contribution in [0, 0.1) is 0 Å². The van der Waals surface area contributed by atoms with Gasteiger partial charge in [-0.05, 0) is 62.4 Å². The average Bonchev–Trinajstić information content (AvgIpc) is 3.03. The Morgan fingerprint density at radius 1 is 1.12 bits per heavy atom. The molecule has 2 aromatic carbocycles. The van der Waals surface area contributed by atoms with Crippen LogP contribution >= 0.6 is 0 Å². The van der Waals surface area contributed by atoms with Gasteiger partial charge in [-0.2, -0.15) is 0 Å². The maximum Gasteiger partial charge on any atom is 0.357 e. The maximum atomic E-state index is 12.9. The Morgan fingerprint density at radius 3 is 2.56 bits per heavy atom. The fourth-order valence-electron chi connectivity index (χ4n) is 4.30. The number of hydrogen-bond donors (Lipinski definition) is 2. The summed E-state index contributed by atoms with van der Waals surface area (Å²) in [5.41, 5.74) is 5.35. The lowest BCUT2D eigenvalue weighted by atomic mass is 10.0. The first-order chi connectivity index (χ1) is 15.3. The van der Waals surface area contributed by atoms with Gasteiger partial charge in [0.15, 0.2) is 5.69 Å². The molecule has 3 aromatic rings. The number of nitrogens with one attached hydrogen (secondary N) is 1. The number of carbonyl (C=O) groups is 1. The molecule has 0 bridgehead atoms. The molecule has 0 fully saturated rings. The molecule has 0 unspecified atom stereocenters. The van der Waals surface area contributed by atoms with Crippen molar-refractivity contribution in [1.29, 1.82) is 0 Å². The van der Waals surface area contributed by atoms with Gasteiger partial charge in [-0.3, -0.25) is 0 Å². The summed E-state index contributed by atoms with van der Waals surface area (Å²) in [6.45, 7) is 7.82. The minimum atomic E-state index is -1.25. The molecule has 0 radical (unpaired) electrons. The molecule has 0 aliphatic carbocycles.